The highest BCUT2D eigenvalue weighted by atomic mass is 16.5. The van der Waals surface area contributed by atoms with Crippen molar-refractivity contribution in [2.75, 3.05) is 25.1 Å². The van der Waals surface area contributed by atoms with Gasteiger partial charge in [-0.3, -0.25) is 4.79 Å². The van der Waals surface area contributed by atoms with Gasteiger partial charge in [-0.25, -0.2) is 9.97 Å². The first-order chi connectivity index (χ1) is 14.2. The first-order valence-electron chi connectivity index (χ1n) is 9.55. The van der Waals surface area contributed by atoms with E-state index in [1.807, 2.05) is 36.4 Å². The van der Waals surface area contributed by atoms with Crippen LogP contribution in [0.3, 0.4) is 0 Å². The molecule has 1 N–H and O–H groups in total. The van der Waals surface area contributed by atoms with Gasteiger partial charge in [0.1, 0.15) is 12.1 Å². The summed E-state index contributed by atoms with van der Waals surface area (Å²) in [5, 5.41) is 11.1. The highest BCUT2D eigenvalue weighted by Gasteiger charge is 2.15. The molecule has 8 heteroatoms. The number of amides is 1. The maximum atomic E-state index is 12.4. The minimum Gasteiger partial charge on any atom is -0.497 e. The number of aromatic nitrogens is 4. The molecule has 29 heavy (non-hydrogen) atoms. The summed E-state index contributed by atoms with van der Waals surface area (Å²) < 4.78 is 5.18. The number of ether oxygens (including phenoxy) is 1. The standard InChI is InChI=1S/C21H22N6O2/c1-29-17-6-4-15(5-7-17)19-12-16(23-14-24-19)13-22-21(28)18-8-9-20(26-25-18)27-10-2-3-11-27/h4-9,12,14H,2-3,10-11,13H2,1H3,(H,22,28). The molecule has 3 heterocycles. The van der Waals surface area contributed by atoms with Crippen molar-refractivity contribution in [1.82, 2.24) is 25.5 Å². The van der Waals surface area contributed by atoms with Crippen molar-refractivity contribution in [2.24, 2.45) is 0 Å². The van der Waals surface area contributed by atoms with Crippen LogP contribution in [0.4, 0.5) is 5.82 Å². The van der Waals surface area contributed by atoms with Crippen molar-refractivity contribution in [1.29, 1.82) is 0 Å². The van der Waals surface area contributed by atoms with Gasteiger partial charge in [0.25, 0.3) is 5.91 Å². The maximum absolute atomic E-state index is 12.4. The molecule has 1 fully saturated rings. The molecule has 4 rings (SSSR count). The van der Waals surface area contributed by atoms with Crippen molar-refractivity contribution >= 4 is 11.7 Å². The molecule has 1 aromatic carbocycles. The lowest BCUT2D eigenvalue weighted by atomic mass is 10.1. The largest absolute Gasteiger partial charge is 0.497 e. The van der Waals surface area contributed by atoms with Gasteiger partial charge in [0.2, 0.25) is 0 Å². The predicted octanol–water partition coefficient (Wildman–Crippen LogP) is 2.47. The topological polar surface area (TPSA) is 93.1 Å². The van der Waals surface area contributed by atoms with E-state index in [1.165, 1.54) is 19.2 Å². The molecule has 0 unspecified atom stereocenters. The van der Waals surface area contributed by atoms with Gasteiger partial charge in [-0.1, -0.05) is 0 Å². The summed E-state index contributed by atoms with van der Waals surface area (Å²) in [6, 6.07) is 13.0. The number of benzene rings is 1. The average Bonchev–Trinajstić information content (AvgIpc) is 3.33. The molecule has 0 aliphatic carbocycles. The lowest BCUT2D eigenvalue weighted by molar-refractivity contribution is 0.0944. The zero-order valence-electron chi connectivity index (χ0n) is 16.2. The van der Waals surface area contributed by atoms with Gasteiger partial charge < -0.3 is 15.0 Å². The van der Waals surface area contributed by atoms with Gasteiger partial charge in [-0.2, -0.15) is 0 Å². The number of hydrogen-bond donors (Lipinski definition) is 1. The zero-order chi connectivity index (χ0) is 20.1. The lowest BCUT2D eigenvalue weighted by Crippen LogP contribution is -2.25. The van der Waals surface area contributed by atoms with Crippen LogP contribution in [0.1, 0.15) is 29.0 Å². The number of hydrogen-bond acceptors (Lipinski definition) is 7. The van der Waals surface area contributed by atoms with E-state index in [1.54, 1.807) is 13.2 Å². The summed E-state index contributed by atoms with van der Waals surface area (Å²) in [4.78, 5) is 23.1. The highest BCUT2D eigenvalue weighted by Crippen LogP contribution is 2.20. The molecular formula is C21H22N6O2. The van der Waals surface area contributed by atoms with Gasteiger partial charge in [0.15, 0.2) is 11.5 Å². The third-order valence-electron chi connectivity index (χ3n) is 4.85. The molecule has 0 bridgehead atoms. The van der Waals surface area contributed by atoms with E-state index >= 15 is 0 Å². The van der Waals surface area contributed by atoms with Gasteiger partial charge >= 0.3 is 0 Å². The van der Waals surface area contributed by atoms with Crippen LogP contribution in [0.15, 0.2) is 48.8 Å². The molecular weight excluding hydrogens is 368 g/mol. The van der Waals surface area contributed by atoms with Gasteiger partial charge in [0, 0.05) is 18.7 Å². The van der Waals surface area contributed by atoms with Crippen molar-refractivity contribution < 1.29 is 9.53 Å². The van der Waals surface area contributed by atoms with Crippen LogP contribution in [-0.2, 0) is 6.54 Å². The Morgan fingerprint density at radius 1 is 1.07 bits per heavy atom. The second-order valence-electron chi connectivity index (χ2n) is 6.78. The Morgan fingerprint density at radius 2 is 1.86 bits per heavy atom. The number of methoxy groups -OCH3 is 1. The summed E-state index contributed by atoms with van der Waals surface area (Å²) in [5.41, 5.74) is 2.73. The molecule has 0 spiro atoms. The molecule has 0 radical (unpaired) electrons. The van der Waals surface area contributed by atoms with E-state index in [9.17, 15) is 4.79 Å². The fourth-order valence-corrected chi connectivity index (χ4v) is 3.24. The molecule has 1 aliphatic heterocycles. The fraction of sp³-hybridized carbons (Fsp3) is 0.286. The minimum atomic E-state index is -0.282. The van der Waals surface area contributed by atoms with E-state index in [0.717, 1.165) is 35.9 Å². The zero-order valence-corrected chi connectivity index (χ0v) is 16.2. The fourth-order valence-electron chi connectivity index (χ4n) is 3.24. The molecule has 148 valence electrons. The summed E-state index contributed by atoms with van der Waals surface area (Å²) in [7, 11) is 1.63. The van der Waals surface area contributed by atoms with E-state index in [0.29, 0.717) is 5.69 Å². The van der Waals surface area contributed by atoms with Crippen LogP contribution < -0.4 is 15.0 Å². The monoisotopic (exact) mass is 390 g/mol. The molecule has 0 saturated carbocycles. The lowest BCUT2D eigenvalue weighted by Gasteiger charge is -2.15. The quantitative estimate of drug-likeness (QED) is 0.691. The summed E-state index contributed by atoms with van der Waals surface area (Å²) in [5.74, 6) is 1.32. The molecule has 2 aromatic heterocycles. The van der Waals surface area contributed by atoms with Crippen molar-refractivity contribution in [2.45, 2.75) is 19.4 Å². The van der Waals surface area contributed by atoms with Gasteiger partial charge in [-0.05, 0) is 55.3 Å². The Kier molecular flexibility index (Phi) is 5.60. The highest BCUT2D eigenvalue weighted by molar-refractivity contribution is 5.92. The van der Waals surface area contributed by atoms with Crippen molar-refractivity contribution in [3.8, 4) is 17.0 Å². The third-order valence-corrected chi connectivity index (χ3v) is 4.85. The Balaban J connectivity index is 1.38. The Labute approximate surface area is 169 Å². The Hall–Kier alpha value is -3.55. The van der Waals surface area contributed by atoms with Crippen LogP contribution in [0.25, 0.3) is 11.3 Å². The first kappa shape index (κ1) is 18.8. The van der Waals surface area contributed by atoms with Crippen molar-refractivity contribution in [3.05, 3.63) is 60.2 Å². The first-order valence-corrected chi connectivity index (χ1v) is 9.55. The smallest absolute Gasteiger partial charge is 0.272 e. The minimum absolute atomic E-state index is 0.278. The van der Waals surface area contributed by atoms with E-state index in [-0.39, 0.29) is 18.1 Å². The second-order valence-corrected chi connectivity index (χ2v) is 6.78. The number of anilines is 1. The van der Waals surface area contributed by atoms with E-state index in [4.69, 9.17) is 4.74 Å². The Bertz CT molecular complexity index is 969. The normalized spacial score (nSPS) is 13.3. The third kappa shape index (κ3) is 4.48. The van der Waals surface area contributed by atoms with E-state index < -0.39 is 0 Å². The SMILES string of the molecule is COc1ccc(-c2cc(CNC(=O)c3ccc(N4CCCC4)nn3)ncn2)cc1. The van der Waals surface area contributed by atoms with Crippen molar-refractivity contribution in [3.63, 3.8) is 0 Å². The summed E-state index contributed by atoms with van der Waals surface area (Å²) in [6.45, 7) is 2.26. The number of nitrogens with zero attached hydrogens (tertiary/aromatic N) is 5. The molecule has 1 aliphatic rings. The average molecular weight is 390 g/mol. The summed E-state index contributed by atoms with van der Waals surface area (Å²) >= 11 is 0. The molecule has 8 nitrogen and oxygen atoms in total. The Morgan fingerprint density at radius 3 is 2.55 bits per heavy atom. The van der Waals surface area contributed by atoms with Gasteiger partial charge in [-0.15, -0.1) is 10.2 Å². The van der Waals surface area contributed by atoms with Crippen LogP contribution >= 0.6 is 0 Å². The number of carbonyl (C=O) groups is 1. The van der Waals surface area contributed by atoms with Crippen LogP contribution in [-0.4, -0.2) is 46.3 Å². The number of nitrogens with one attached hydrogen (secondary N) is 1. The summed E-state index contributed by atoms with van der Waals surface area (Å²) in [6.07, 6.45) is 3.83. The van der Waals surface area contributed by atoms with E-state index in [2.05, 4.69) is 30.4 Å². The predicted molar refractivity (Wildman–Crippen MR) is 109 cm³/mol. The van der Waals surface area contributed by atoms with Crippen LogP contribution in [0.5, 0.6) is 5.75 Å². The van der Waals surface area contributed by atoms with Crippen LogP contribution in [0, 0.1) is 0 Å². The second kappa shape index (κ2) is 8.64. The van der Waals surface area contributed by atoms with Crippen LogP contribution in [0.2, 0.25) is 0 Å². The molecule has 3 aromatic rings. The molecule has 1 amide bonds. The number of carbonyl (C=O) groups excluding carboxylic acids is 1. The molecule has 0 atom stereocenters. The maximum Gasteiger partial charge on any atom is 0.272 e. The van der Waals surface area contributed by atoms with Gasteiger partial charge in [0.05, 0.1) is 25.0 Å². The number of rotatable bonds is 6. The molecule has 1 saturated heterocycles.